The number of halogens is 1. The molecule has 1 N–H and O–H groups in total. The first kappa shape index (κ1) is 12.2. The van der Waals surface area contributed by atoms with E-state index in [4.69, 9.17) is 0 Å². The number of rotatable bonds is 1. The minimum absolute atomic E-state index is 0.0970. The average molecular weight is 315 g/mol. The Morgan fingerprint density at radius 1 is 1.16 bits per heavy atom. The maximum absolute atomic E-state index is 12.2. The number of phenols is 1. The highest BCUT2D eigenvalue weighted by Crippen LogP contribution is 2.29. The standard InChI is InChI=1S/C16H11BrO2/c17-14-8-10(5-6-15(14)18)7-12-9-11-3-1-2-4-13(11)16(12)19/h1-8,18H,9H2/b12-7+. The minimum Gasteiger partial charge on any atom is -0.507 e. The van der Waals surface area contributed by atoms with Crippen LogP contribution in [0.1, 0.15) is 21.5 Å². The normalized spacial score (nSPS) is 15.8. The molecular formula is C16H11BrO2. The molecule has 1 aliphatic carbocycles. The number of carbonyl (C=O) groups is 1. The van der Waals surface area contributed by atoms with Gasteiger partial charge in [0, 0.05) is 17.6 Å². The summed E-state index contributed by atoms with van der Waals surface area (Å²) >= 11 is 3.27. The molecule has 1 aliphatic rings. The predicted octanol–water partition coefficient (Wildman–Crippen LogP) is 3.98. The van der Waals surface area contributed by atoms with E-state index in [1.807, 2.05) is 30.3 Å². The van der Waals surface area contributed by atoms with Crippen LogP contribution in [0.2, 0.25) is 0 Å². The van der Waals surface area contributed by atoms with Gasteiger partial charge in [0.2, 0.25) is 0 Å². The Kier molecular flexibility index (Phi) is 2.99. The molecule has 0 aromatic heterocycles. The highest BCUT2D eigenvalue weighted by molar-refractivity contribution is 9.10. The molecule has 3 rings (SSSR count). The lowest BCUT2D eigenvalue weighted by Crippen LogP contribution is -1.94. The van der Waals surface area contributed by atoms with Gasteiger partial charge in [-0.25, -0.2) is 0 Å². The Hall–Kier alpha value is -1.87. The molecule has 0 atom stereocenters. The molecule has 0 radical (unpaired) electrons. The number of carbonyl (C=O) groups excluding carboxylic acids is 1. The van der Waals surface area contributed by atoms with Crippen LogP contribution in [0.25, 0.3) is 6.08 Å². The Balaban J connectivity index is 1.98. The van der Waals surface area contributed by atoms with Gasteiger partial charge in [-0.1, -0.05) is 30.3 Å². The maximum atomic E-state index is 12.2. The van der Waals surface area contributed by atoms with Crippen molar-refractivity contribution < 1.29 is 9.90 Å². The Bertz CT molecular complexity index is 702. The Morgan fingerprint density at radius 3 is 2.68 bits per heavy atom. The lowest BCUT2D eigenvalue weighted by atomic mass is 10.1. The van der Waals surface area contributed by atoms with Crippen LogP contribution in [-0.4, -0.2) is 10.9 Å². The molecule has 0 amide bonds. The van der Waals surface area contributed by atoms with E-state index in [1.165, 1.54) is 0 Å². The molecule has 2 aromatic rings. The number of ketones is 1. The second-order valence-corrected chi connectivity index (χ2v) is 5.40. The van der Waals surface area contributed by atoms with Crippen molar-refractivity contribution in [1.29, 1.82) is 0 Å². The number of Topliss-reactive ketones (excluding diaryl/α,β-unsaturated/α-hetero) is 1. The minimum atomic E-state index is 0.0970. The molecule has 0 unspecified atom stereocenters. The topological polar surface area (TPSA) is 37.3 Å². The number of phenolic OH excluding ortho intramolecular Hbond substituents is 1. The Labute approximate surface area is 119 Å². The van der Waals surface area contributed by atoms with Gasteiger partial charge in [0.05, 0.1) is 4.47 Å². The molecule has 0 fully saturated rings. The van der Waals surface area contributed by atoms with Crippen LogP contribution >= 0.6 is 15.9 Å². The van der Waals surface area contributed by atoms with Gasteiger partial charge in [-0.15, -0.1) is 0 Å². The molecule has 94 valence electrons. The van der Waals surface area contributed by atoms with Gasteiger partial charge in [0.15, 0.2) is 5.78 Å². The van der Waals surface area contributed by atoms with E-state index in [-0.39, 0.29) is 11.5 Å². The summed E-state index contributed by atoms with van der Waals surface area (Å²) < 4.78 is 0.629. The van der Waals surface area contributed by atoms with Crippen molar-refractivity contribution in [3.63, 3.8) is 0 Å². The second kappa shape index (κ2) is 4.67. The number of benzene rings is 2. The number of fused-ring (bicyclic) bond motifs is 1. The second-order valence-electron chi connectivity index (χ2n) is 4.54. The molecule has 0 bridgehead atoms. The van der Waals surface area contributed by atoms with E-state index in [0.717, 1.165) is 22.3 Å². The number of hydrogen-bond donors (Lipinski definition) is 1. The first-order valence-corrected chi connectivity index (χ1v) is 6.76. The van der Waals surface area contributed by atoms with Gasteiger partial charge in [-0.3, -0.25) is 4.79 Å². The summed E-state index contributed by atoms with van der Waals surface area (Å²) in [5.41, 5.74) is 3.57. The van der Waals surface area contributed by atoms with E-state index in [1.54, 1.807) is 18.2 Å². The van der Waals surface area contributed by atoms with Gasteiger partial charge in [0.1, 0.15) is 5.75 Å². The van der Waals surface area contributed by atoms with Crippen LogP contribution in [0, 0.1) is 0 Å². The summed E-state index contributed by atoms with van der Waals surface area (Å²) in [7, 11) is 0. The Morgan fingerprint density at radius 2 is 1.95 bits per heavy atom. The zero-order valence-corrected chi connectivity index (χ0v) is 11.6. The largest absolute Gasteiger partial charge is 0.507 e. The lowest BCUT2D eigenvalue weighted by Gasteiger charge is -2.00. The van der Waals surface area contributed by atoms with Gasteiger partial charge >= 0.3 is 0 Å². The van der Waals surface area contributed by atoms with Crippen LogP contribution in [0.3, 0.4) is 0 Å². The van der Waals surface area contributed by atoms with E-state index in [0.29, 0.717) is 10.9 Å². The number of allylic oxidation sites excluding steroid dienone is 1. The highest BCUT2D eigenvalue weighted by Gasteiger charge is 2.23. The van der Waals surface area contributed by atoms with Crippen LogP contribution in [0.5, 0.6) is 5.75 Å². The molecule has 19 heavy (non-hydrogen) atoms. The van der Waals surface area contributed by atoms with E-state index in [2.05, 4.69) is 15.9 Å². The van der Waals surface area contributed by atoms with Crippen molar-refractivity contribution in [2.75, 3.05) is 0 Å². The molecule has 2 nitrogen and oxygen atoms in total. The maximum Gasteiger partial charge on any atom is 0.189 e. The van der Waals surface area contributed by atoms with Gasteiger partial charge in [0.25, 0.3) is 0 Å². The van der Waals surface area contributed by atoms with Crippen LogP contribution in [-0.2, 0) is 6.42 Å². The van der Waals surface area contributed by atoms with Crippen molar-refractivity contribution in [2.24, 2.45) is 0 Å². The zero-order valence-electron chi connectivity index (χ0n) is 10.1. The first-order valence-electron chi connectivity index (χ1n) is 5.97. The molecular weight excluding hydrogens is 304 g/mol. The highest BCUT2D eigenvalue weighted by atomic mass is 79.9. The van der Waals surface area contributed by atoms with Crippen molar-refractivity contribution in [2.45, 2.75) is 6.42 Å². The van der Waals surface area contributed by atoms with E-state index < -0.39 is 0 Å². The van der Waals surface area contributed by atoms with Gasteiger partial charge in [-0.2, -0.15) is 0 Å². The van der Waals surface area contributed by atoms with E-state index >= 15 is 0 Å². The van der Waals surface area contributed by atoms with Crippen LogP contribution in [0.15, 0.2) is 52.5 Å². The molecule has 0 saturated heterocycles. The van der Waals surface area contributed by atoms with Crippen LogP contribution in [0.4, 0.5) is 0 Å². The predicted molar refractivity (Wildman–Crippen MR) is 78.3 cm³/mol. The third kappa shape index (κ3) is 2.22. The van der Waals surface area contributed by atoms with Gasteiger partial charge < -0.3 is 5.11 Å². The third-order valence-electron chi connectivity index (χ3n) is 3.25. The fourth-order valence-electron chi connectivity index (χ4n) is 2.29. The fraction of sp³-hybridized carbons (Fsp3) is 0.0625. The summed E-state index contributed by atoms with van der Waals surface area (Å²) in [5, 5.41) is 9.46. The fourth-order valence-corrected chi connectivity index (χ4v) is 2.68. The molecule has 0 spiro atoms. The van der Waals surface area contributed by atoms with Gasteiger partial charge in [-0.05, 0) is 45.3 Å². The first-order chi connectivity index (χ1) is 9.15. The van der Waals surface area contributed by atoms with Crippen molar-refractivity contribution in [1.82, 2.24) is 0 Å². The summed E-state index contributed by atoms with van der Waals surface area (Å²) in [4.78, 5) is 12.2. The SMILES string of the molecule is O=C1/C(=C/c2ccc(O)c(Br)c2)Cc2ccccc21. The summed E-state index contributed by atoms with van der Waals surface area (Å²) in [5.74, 6) is 0.294. The quantitative estimate of drug-likeness (QED) is 0.808. The van der Waals surface area contributed by atoms with Crippen molar-refractivity contribution in [3.05, 3.63) is 69.2 Å². The summed E-state index contributed by atoms with van der Waals surface area (Å²) in [6, 6.07) is 12.9. The number of aromatic hydroxyl groups is 1. The third-order valence-corrected chi connectivity index (χ3v) is 3.88. The molecule has 3 heteroatoms. The molecule has 0 saturated carbocycles. The summed E-state index contributed by atoms with van der Waals surface area (Å²) in [6.45, 7) is 0. The molecule has 2 aromatic carbocycles. The van der Waals surface area contributed by atoms with Crippen LogP contribution < -0.4 is 0 Å². The average Bonchev–Trinajstić information content (AvgIpc) is 2.72. The van der Waals surface area contributed by atoms with E-state index in [9.17, 15) is 9.90 Å². The number of hydrogen-bond acceptors (Lipinski definition) is 2. The van der Waals surface area contributed by atoms with Crippen molar-refractivity contribution >= 4 is 27.8 Å². The lowest BCUT2D eigenvalue weighted by molar-refractivity contribution is 0.104. The smallest absolute Gasteiger partial charge is 0.189 e. The molecule has 0 aliphatic heterocycles. The summed E-state index contributed by atoms with van der Waals surface area (Å²) in [6.07, 6.45) is 2.56. The zero-order chi connectivity index (χ0) is 13.4. The van der Waals surface area contributed by atoms with Crippen molar-refractivity contribution in [3.8, 4) is 5.75 Å². The monoisotopic (exact) mass is 314 g/mol. The molecule has 0 heterocycles.